The smallest absolute Gasteiger partial charge is 0.234 e. The van der Waals surface area contributed by atoms with Crippen LogP contribution >= 0.6 is 12.4 Å². The Morgan fingerprint density at radius 3 is 2.72 bits per heavy atom. The third kappa shape index (κ3) is 7.74. The lowest BCUT2D eigenvalue weighted by Gasteiger charge is -2.31. The van der Waals surface area contributed by atoms with E-state index in [1.165, 1.54) is 6.42 Å². The summed E-state index contributed by atoms with van der Waals surface area (Å²) in [5, 5.41) is 6.36. The molecule has 0 bridgehead atoms. The number of carbonyl (C=O) groups is 1. The van der Waals surface area contributed by atoms with E-state index in [1.807, 2.05) is 33.0 Å². The third-order valence-electron chi connectivity index (χ3n) is 4.45. The summed E-state index contributed by atoms with van der Waals surface area (Å²) in [6.45, 7) is 7.62. The zero-order valence-electron chi connectivity index (χ0n) is 15.6. The maximum Gasteiger partial charge on any atom is 0.234 e. The molecular weight excluding hydrogens is 338 g/mol. The lowest BCUT2D eigenvalue weighted by molar-refractivity contribution is -0.122. The summed E-state index contributed by atoms with van der Waals surface area (Å²) >= 11 is 0. The predicted molar refractivity (Wildman–Crippen MR) is 104 cm³/mol. The van der Waals surface area contributed by atoms with Gasteiger partial charge in [0.05, 0.1) is 19.3 Å². The van der Waals surface area contributed by atoms with E-state index in [2.05, 4.69) is 27.7 Å². The monoisotopic (exact) mass is 369 g/mol. The summed E-state index contributed by atoms with van der Waals surface area (Å²) in [6, 6.07) is 8.63. The molecule has 1 heterocycles. The van der Waals surface area contributed by atoms with Crippen molar-refractivity contribution in [3.05, 3.63) is 35.4 Å². The summed E-state index contributed by atoms with van der Waals surface area (Å²) in [6.07, 6.45) is 2.54. The van der Waals surface area contributed by atoms with Crippen molar-refractivity contribution in [2.24, 2.45) is 0 Å². The fourth-order valence-corrected chi connectivity index (χ4v) is 3.01. The van der Waals surface area contributed by atoms with Crippen molar-refractivity contribution in [2.75, 3.05) is 26.7 Å². The molecule has 1 saturated heterocycles. The number of benzene rings is 1. The highest BCUT2D eigenvalue weighted by Crippen LogP contribution is 2.12. The fraction of sp³-hybridized carbons (Fsp3) is 0.632. The normalized spacial score (nSPS) is 18.0. The maximum atomic E-state index is 12.3. The molecule has 25 heavy (non-hydrogen) atoms. The topological polar surface area (TPSA) is 53.6 Å². The molecule has 5 nitrogen and oxygen atoms in total. The molecule has 6 heteroatoms. The van der Waals surface area contributed by atoms with Crippen LogP contribution in [0.1, 0.15) is 37.8 Å². The number of hydrogen-bond acceptors (Lipinski definition) is 4. The molecule has 0 saturated carbocycles. The van der Waals surface area contributed by atoms with Crippen LogP contribution in [0.25, 0.3) is 0 Å². The molecule has 0 radical (unpaired) electrons. The van der Waals surface area contributed by atoms with E-state index in [0.717, 1.165) is 30.6 Å². The van der Waals surface area contributed by atoms with Gasteiger partial charge in [0.1, 0.15) is 0 Å². The number of ether oxygens (including phenoxy) is 1. The molecule has 2 N–H and O–H groups in total. The Kier molecular flexibility index (Phi) is 10.0. The maximum absolute atomic E-state index is 12.3. The summed E-state index contributed by atoms with van der Waals surface area (Å²) in [4.78, 5) is 14.5. The molecule has 1 aliphatic rings. The lowest BCUT2D eigenvalue weighted by Crippen LogP contribution is -2.47. The van der Waals surface area contributed by atoms with Gasteiger partial charge in [0.2, 0.25) is 5.91 Å². The largest absolute Gasteiger partial charge is 0.374 e. The number of halogens is 1. The van der Waals surface area contributed by atoms with Crippen LogP contribution in [0.3, 0.4) is 0 Å². The highest BCUT2D eigenvalue weighted by Gasteiger charge is 2.20. The second kappa shape index (κ2) is 11.5. The highest BCUT2D eigenvalue weighted by atomic mass is 35.5. The van der Waals surface area contributed by atoms with Gasteiger partial charge in [0.25, 0.3) is 0 Å². The quantitative estimate of drug-likeness (QED) is 0.738. The highest BCUT2D eigenvalue weighted by molar-refractivity contribution is 5.85. The molecule has 142 valence electrons. The van der Waals surface area contributed by atoms with Crippen LogP contribution in [0.4, 0.5) is 0 Å². The lowest BCUT2D eigenvalue weighted by atomic mass is 10.1. The molecule has 1 aliphatic heterocycles. The molecule has 0 aliphatic carbocycles. The minimum atomic E-state index is 0. The minimum Gasteiger partial charge on any atom is -0.374 e. The van der Waals surface area contributed by atoms with Gasteiger partial charge in [0.15, 0.2) is 0 Å². The average molecular weight is 370 g/mol. The van der Waals surface area contributed by atoms with Crippen molar-refractivity contribution in [2.45, 2.75) is 52.0 Å². The van der Waals surface area contributed by atoms with E-state index >= 15 is 0 Å². The Balaban J connectivity index is 0.00000312. The van der Waals surface area contributed by atoms with Crippen molar-refractivity contribution in [3.63, 3.8) is 0 Å². The van der Waals surface area contributed by atoms with E-state index in [4.69, 9.17) is 4.74 Å². The first kappa shape index (κ1) is 21.9. The number of nitrogens with zero attached hydrogens (tertiary/aromatic N) is 1. The van der Waals surface area contributed by atoms with Crippen LogP contribution in [0.15, 0.2) is 24.3 Å². The van der Waals surface area contributed by atoms with Crippen LogP contribution in [0.2, 0.25) is 0 Å². The number of likely N-dealkylation sites (tertiary alicyclic amines) is 1. The molecule has 1 amide bonds. The fourth-order valence-electron chi connectivity index (χ4n) is 3.01. The standard InChI is InChI=1S/C19H31N3O2.ClH/c1-15(2)24-14-17-8-5-4-7-16(17)11-21-19(23)13-22-10-6-9-18(12-22)20-3;/h4-5,7-8,15,18,20H,6,9-14H2,1-3H3,(H,21,23);1H. The van der Waals surface area contributed by atoms with Crippen molar-refractivity contribution in [3.8, 4) is 0 Å². The van der Waals surface area contributed by atoms with E-state index in [0.29, 0.717) is 25.7 Å². The van der Waals surface area contributed by atoms with Crippen LogP contribution in [0, 0.1) is 0 Å². The van der Waals surface area contributed by atoms with Gasteiger partial charge >= 0.3 is 0 Å². The number of carbonyl (C=O) groups excluding carboxylic acids is 1. The Labute approximate surface area is 157 Å². The second-order valence-corrected chi connectivity index (χ2v) is 6.77. The molecule has 2 rings (SSSR count). The van der Waals surface area contributed by atoms with Crippen molar-refractivity contribution in [1.29, 1.82) is 0 Å². The first-order valence-corrected chi connectivity index (χ1v) is 8.93. The Hall–Kier alpha value is -1.14. The number of rotatable bonds is 8. The number of nitrogens with one attached hydrogen (secondary N) is 2. The minimum absolute atomic E-state index is 0. The van der Waals surface area contributed by atoms with Crippen LogP contribution < -0.4 is 10.6 Å². The number of piperidine rings is 1. The van der Waals surface area contributed by atoms with Crippen LogP contribution in [-0.4, -0.2) is 49.6 Å². The molecule has 1 unspecified atom stereocenters. The van der Waals surface area contributed by atoms with E-state index in [-0.39, 0.29) is 24.4 Å². The van der Waals surface area contributed by atoms with Crippen LogP contribution in [0.5, 0.6) is 0 Å². The Bertz CT molecular complexity index is 525. The first-order valence-electron chi connectivity index (χ1n) is 8.93. The SMILES string of the molecule is CNC1CCCN(CC(=O)NCc2ccccc2COC(C)C)C1.Cl. The van der Waals surface area contributed by atoms with Gasteiger partial charge in [-0.3, -0.25) is 9.69 Å². The molecular formula is C19H32ClN3O2. The van der Waals surface area contributed by atoms with Gasteiger partial charge in [-0.1, -0.05) is 24.3 Å². The summed E-state index contributed by atoms with van der Waals surface area (Å²) in [5.74, 6) is 0.0892. The van der Waals surface area contributed by atoms with Gasteiger partial charge in [0, 0.05) is 19.1 Å². The molecule has 1 aromatic carbocycles. The molecule has 1 atom stereocenters. The van der Waals surface area contributed by atoms with Gasteiger partial charge in [-0.25, -0.2) is 0 Å². The summed E-state index contributed by atoms with van der Waals surface area (Å²) < 4.78 is 5.69. The Morgan fingerprint density at radius 1 is 1.32 bits per heavy atom. The van der Waals surface area contributed by atoms with E-state index in [1.54, 1.807) is 0 Å². The first-order chi connectivity index (χ1) is 11.6. The van der Waals surface area contributed by atoms with Crippen molar-refractivity contribution >= 4 is 18.3 Å². The van der Waals surface area contributed by atoms with Gasteiger partial charge in [-0.2, -0.15) is 0 Å². The summed E-state index contributed by atoms with van der Waals surface area (Å²) in [5.41, 5.74) is 2.26. The second-order valence-electron chi connectivity index (χ2n) is 6.77. The number of likely N-dealkylation sites (N-methyl/N-ethyl adjacent to an activating group) is 1. The molecule has 0 aromatic heterocycles. The van der Waals surface area contributed by atoms with Crippen molar-refractivity contribution < 1.29 is 9.53 Å². The number of amides is 1. The molecule has 0 spiro atoms. The van der Waals surface area contributed by atoms with Gasteiger partial charge in [-0.05, 0) is 51.4 Å². The van der Waals surface area contributed by atoms with Crippen LogP contribution in [-0.2, 0) is 22.7 Å². The average Bonchev–Trinajstić information content (AvgIpc) is 2.59. The van der Waals surface area contributed by atoms with Gasteiger partial charge in [-0.15, -0.1) is 12.4 Å². The Morgan fingerprint density at radius 2 is 2.04 bits per heavy atom. The zero-order valence-corrected chi connectivity index (χ0v) is 16.4. The van der Waals surface area contributed by atoms with Gasteiger partial charge < -0.3 is 15.4 Å². The summed E-state index contributed by atoms with van der Waals surface area (Å²) in [7, 11) is 1.99. The third-order valence-corrected chi connectivity index (χ3v) is 4.45. The van der Waals surface area contributed by atoms with Crippen molar-refractivity contribution in [1.82, 2.24) is 15.5 Å². The zero-order chi connectivity index (χ0) is 17.4. The van der Waals surface area contributed by atoms with E-state index in [9.17, 15) is 4.79 Å². The van der Waals surface area contributed by atoms with E-state index < -0.39 is 0 Å². The number of hydrogen-bond donors (Lipinski definition) is 2. The molecule has 1 fully saturated rings. The predicted octanol–water partition coefficient (Wildman–Crippen LogP) is 2.33. The molecule has 1 aromatic rings.